The first-order chi connectivity index (χ1) is 7.15. The average Bonchev–Trinajstić information content (AvgIpc) is 2.58. The van der Waals surface area contributed by atoms with Gasteiger partial charge in [0.05, 0.1) is 6.10 Å². The molecule has 0 saturated heterocycles. The van der Waals surface area contributed by atoms with E-state index in [1.165, 1.54) is 6.07 Å². The van der Waals surface area contributed by atoms with E-state index < -0.39 is 0 Å². The molecule has 0 spiro atoms. The minimum Gasteiger partial charge on any atom is -0.393 e. The topological polar surface area (TPSA) is 20.2 Å². The third-order valence-electron chi connectivity index (χ3n) is 3.03. The van der Waals surface area contributed by atoms with Gasteiger partial charge in [0, 0.05) is 5.02 Å². The van der Waals surface area contributed by atoms with Gasteiger partial charge in [-0.25, -0.2) is 4.39 Å². The second kappa shape index (κ2) is 4.50. The SMILES string of the molecule is OC1CCC(Cc2cc(Cl)ccc2F)C1. The quantitative estimate of drug-likeness (QED) is 0.824. The Morgan fingerprint density at radius 1 is 1.40 bits per heavy atom. The fourth-order valence-corrected chi connectivity index (χ4v) is 2.44. The summed E-state index contributed by atoms with van der Waals surface area (Å²) < 4.78 is 13.4. The van der Waals surface area contributed by atoms with E-state index in [9.17, 15) is 9.50 Å². The molecule has 1 N–H and O–H groups in total. The second-order valence-electron chi connectivity index (χ2n) is 4.27. The molecule has 0 aliphatic heterocycles. The lowest BCUT2D eigenvalue weighted by molar-refractivity contribution is 0.177. The summed E-state index contributed by atoms with van der Waals surface area (Å²) in [4.78, 5) is 0. The van der Waals surface area contributed by atoms with Crippen LogP contribution in [0.15, 0.2) is 18.2 Å². The van der Waals surface area contributed by atoms with Crippen molar-refractivity contribution < 1.29 is 9.50 Å². The van der Waals surface area contributed by atoms with Crippen LogP contribution < -0.4 is 0 Å². The highest BCUT2D eigenvalue weighted by Gasteiger charge is 2.23. The van der Waals surface area contributed by atoms with Crippen LogP contribution in [0.25, 0.3) is 0 Å². The third kappa shape index (κ3) is 2.70. The lowest BCUT2D eigenvalue weighted by atomic mass is 9.97. The fraction of sp³-hybridized carbons (Fsp3) is 0.500. The Balaban J connectivity index is 2.07. The van der Waals surface area contributed by atoms with Crippen molar-refractivity contribution in [3.8, 4) is 0 Å². The van der Waals surface area contributed by atoms with Gasteiger partial charge in [-0.15, -0.1) is 0 Å². The Bertz CT molecular complexity index is 353. The number of aliphatic hydroxyl groups is 1. The molecule has 2 rings (SSSR count). The minimum atomic E-state index is -0.197. The zero-order valence-electron chi connectivity index (χ0n) is 8.42. The number of hydrogen-bond acceptors (Lipinski definition) is 1. The van der Waals surface area contributed by atoms with Gasteiger partial charge in [-0.2, -0.15) is 0 Å². The van der Waals surface area contributed by atoms with Gasteiger partial charge in [0.15, 0.2) is 0 Å². The summed E-state index contributed by atoms with van der Waals surface area (Å²) >= 11 is 5.81. The molecule has 0 radical (unpaired) electrons. The number of halogens is 2. The first kappa shape index (κ1) is 10.9. The molecule has 0 aromatic heterocycles. The van der Waals surface area contributed by atoms with Crippen LogP contribution in [0.4, 0.5) is 4.39 Å². The van der Waals surface area contributed by atoms with Crippen molar-refractivity contribution in [1.82, 2.24) is 0 Å². The largest absolute Gasteiger partial charge is 0.393 e. The standard InChI is InChI=1S/C12H14ClFO/c13-10-2-4-12(14)9(7-10)5-8-1-3-11(15)6-8/h2,4,7-8,11,15H,1,3,5-6H2. The molecule has 82 valence electrons. The van der Waals surface area contributed by atoms with Crippen LogP contribution in [0, 0.1) is 11.7 Å². The van der Waals surface area contributed by atoms with Gasteiger partial charge in [-0.1, -0.05) is 11.6 Å². The van der Waals surface area contributed by atoms with Gasteiger partial charge in [0.1, 0.15) is 5.82 Å². The van der Waals surface area contributed by atoms with Crippen LogP contribution in [0.1, 0.15) is 24.8 Å². The molecule has 0 amide bonds. The Morgan fingerprint density at radius 2 is 2.20 bits per heavy atom. The normalized spacial score (nSPS) is 25.8. The second-order valence-corrected chi connectivity index (χ2v) is 4.71. The summed E-state index contributed by atoms with van der Waals surface area (Å²) in [5, 5.41) is 9.96. The molecule has 1 aromatic carbocycles. The number of aliphatic hydroxyl groups excluding tert-OH is 1. The molecule has 1 aromatic rings. The van der Waals surface area contributed by atoms with E-state index in [2.05, 4.69) is 0 Å². The van der Waals surface area contributed by atoms with Crippen LogP contribution in [-0.4, -0.2) is 11.2 Å². The Hall–Kier alpha value is -0.600. The molecule has 1 aliphatic carbocycles. The molecular weight excluding hydrogens is 215 g/mol. The predicted molar refractivity (Wildman–Crippen MR) is 58.5 cm³/mol. The molecule has 1 aliphatic rings. The van der Waals surface area contributed by atoms with E-state index in [1.807, 2.05) is 0 Å². The highest BCUT2D eigenvalue weighted by atomic mass is 35.5. The molecule has 1 fully saturated rings. The summed E-state index contributed by atoms with van der Waals surface area (Å²) in [6.07, 6.45) is 3.09. The zero-order valence-corrected chi connectivity index (χ0v) is 9.17. The van der Waals surface area contributed by atoms with Gasteiger partial charge >= 0.3 is 0 Å². The van der Waals surface area contributed by atoms with Crippen LogP contribution >= 0.6 is 11.6 Å². The van der Waals surface area contributed by atoms with Gasteiger partial charge in [0.2, 0.25) is 0 Å². The van der Waals surface area contributed by atoms with Gasteiger partial charge in [-0.05, 0) is 55.4 Å². The Morgan fingerprint density at radius 3 is 2.87 bits per heavy atom. The van der Waals surface area contributed by atoms with Crippen LogP contribution in [-0.2, 0) is 6.42 Å². The molecule has 1 saturated carbocycles. The van der Waals surface area contributed by atoms with Crippen molar-refractivity contribution in [3.05, 3.63) is 34.6 Å². The van der Waals surface area contributed by atoms with Crippen molar-refractivity contribution >= 4 is 11.6 Å². The Kier molecular flexibility index (Phi) is 3.27. The first-order valence-electron chi connectivity index (χ1n) is 5.27. The van der Waals surface area contributed by atoms with E-state index in [0.717, 1.165) is 19.3 Å². The fourth-order valence-electron chi connectivity index (χ4n) is 2.24. The smallest absolute Gasteiger partial charge is 0.126 e. The average molecular weight is 229 g/mol. The summed E-state index contributed by atoms with van der Waals surface area (Å²) in [6, 6.07) is 4.65. The molecular formula is C12H14ClFO. The van der Waals surface area contributed by atoms with Crippen LogP contribution in [0.2, 0.25) is 5.02 Å². The monoisotopic (exact) mass is 228 g/mol. The molecule has 15 heavy (non-hydrogen) atoms. The minimum absolute atomic E-state index is 0.194. The van der Waals surface area contributed by atoms with Crippen molar-refractivity contribution in [2.75, 3.05) is 0 Å². The maximum absolute atomic E-state index is 13.4. The lowest BCUT2D eigenvalue weighted by Gasteiger charge is -2.10. The molecule has 0 bridgehead atoms. The van der Waals surface area contributed by atoms with Crippen LogP contribution in [0.5, 0.6) is 0 Å². The van der Waals surface area contributed by atoms with Gasteiger partial charge in [0.25, 0.3) is 0 Å². The number of benzene rings is 1. The molecule has 2 unspecified atom stereocenters. The lowest BCUT2D eigenvalue weighted by Crippen LogP contribution is -2.04. The first-order valence-corrected chi connectivity index (χ1v) is 5.65. The summed E-state index contributed by atoms with van der Waals surface area (Å²) in [6.45, 7) is 0. The third-order valence-corrected chi connectivity index (χ3v) is 3.26. The van der Waals surface area contributed by atoms with E-state index >= 15 is 0 Å². The van der Waals surface area contributed by atoms with Crippen molar-refractivity contribution in [3.63, 3.8) is 0 Å². The molecule has 3 heteroatoms. The summed E-state index contributed by atoms with van der Waals surface area (Å²) in [7, 11) is 0. The van der Waals surface area contributed by atoms with Gasteiger partial charge in [-0.3, -0.25) is 0 Å². The predicted octanol–water partition coefficient (Wildman–Crippen LogP) is 3.18. The van der Waals surface area contributed by atoms with E-state index in [-0.39, 0.29) is 11.9 Å². The highest BCUT2D eigenvalue weighted by Crippen LogP contribution is 2.29. The molecule has 0 heterocycles. The van der Waals surface area contributed by atoms with Crippen molar-refractivity contribution in [1.29, 1.82) is 0 Å². The van der Waals surface area contributed by atoms with Crippen molar-refractivity contribution in [2.24, 2.45) is 5.92 Å². The molecule has 2 atom stereocenters. The highest BCUT2D eigenvalue weighted by molar-refractivity contribution is 6.30. The van der Waals surface area contributed by atoms with E-state index in [4.69, 9.17) is 11.6 Å². The van der Waals surface area contributed by atoms with E-state index in [0.29, 0.717) is 22.9 Å². The number of hydrogen-bond donors (Lipinski definition) is 1. The summed E-state index contributed by atoms with van der Waals surface area (Å²) in [5.41, 5.74) is 0.668. The maximum Gasteiger partial charge on any atom is 0.126 e. The Labute approximate surface area is 93.9 Å². The van der Waals surface area contributed by atoms with Crippen molar-refractivity contribution in [2.45, 2.75) is 31.8 Å². The number of rotatable bonds is 2. The van der Waals surface area contributed by atoms with Crippen LogP contribution in [0.3, 0.4) is 0 Å². The van der Waals surface area contributed by atoms with Gasteiger partial charge < -0.3 is 5.11 Å². The zero-order chi connectivity index (χ0) is 10.8. The summed E-state index contributed by atoms with van der Waals surface area (Å²) in [5.74, 6) is 0.203. The maximum atomic E-state index is 13.4. The molecule has 1 nitrogen and oxygen atoms in total. The van der Waals surface area contributed by atoms with E-state index in [1.54, 1.807) is 12.1 Å².